The van der Waals surface area contributed by atoms with Crippen molar-refractivity contribution in [1.82, 2.24) is 9.80 Å². The van der Waals surface area contributed by atoms with Crippen molar-refractivity contribution in [2.45, 2.75) is 39.7 Å². The maximum atomic E-state index is 13.2. The lowest BCUT2D eigenvalue weighted by atomic mass is 10.1. The summed E-state index contributed by atoms with van der Waals surface area (Å²) in [7, 11) is 0. The zero-order chi connectivity index (χ0) is 19.2. The molecular formula is C22H26N2O2S. The van der Waals surface area contributed by atoms with Gasteiger partial charge >= 0.3 is 0 Å². The highest BCUT2D eigenvalue weighted by molar-refractivity contribution is 7.11. The largest absolute Gasteiger partial charge is 0.362 e. The van der Waals surface area contributed by atoms with Crippen LogP contribution in [0.4, 0.5) is 0 Å². The van der Waals surface area contributed by atoms with Gasteiger partial charge in [0.2, 0.25) is 0 Å². The smallest absolute Gasteiger partial charge is 0.277 e. The van der Waals surface area contributed by atoms with E-state index in [9.17, 15) is 9.59 Å². The number of hydrogen-bond donors (Lipinski definition) is 0. The minimum Gasteiger partial charge on any atom is -0.362 e. The number of imide groups is 1. The Morgan fingerprint density at radius 2 is 1.74 bits per heavy atom. The van der Waals surface area contributed by atoms with Gasteiger partial charge in [0.1, 0.15) is 5.70 Å². The number of benzene rings is 1. The van der Waals surface area contributed by atoms with Gasteiger partial charge in [-0.25, -0.2) is 0 Å². The van der Waals surface area contributed by atoms with Crippen LogP contribution in [0.1, 0.15) is 43.6 Å². The molecule has 0 bridgehead atoms. The predicted molar refractivity (Wildman–Crippen MR) is 110 cm³/mol. The van der Waals surface area contributed by atoms with Crippen LogP contribution < -0.4 is 0 Å². The van der Waals surface area contributed by atoms with Crippen LogP contribution in [-0.2, 0) is 16.1 Å². The number of nitrogens with zero attached hydrogens (tertiary/aromatic N) is 2. The quantitative estimate of drug-likeness (QED) is 0.472. The Labute approximate surface area is 165 Å². The molecule has 1 aliphatic rings. The second-order valence-electron chi connectivity index (χ2n) is 6.67. The van der Waals surface area contributed by atoms with Gasteiger partial charge in [0.25, 0.3) is 11.8 Å². The van der Waals surface area contributed by atoms with Crippen molar-refractivity contribution in [1.29, 1.82) is 0 Å². The monoisotopic (exact) mass is 382 g/mol. The second kappa shape index (κ2) is 9.00. The summed E-state index contributed by atoms with van der Waals surface area (Å²) in [6.45, 7) is 5.92. The zero-order valence-corrected chi connectivity index (χ0v) is 16.8. The summed E-state index contributed by atoms with van der Waals surface area (Å²) in [6.07, 6.45) is 2.93. The van der Waals surface area contributed by atoms with E-state index in [4.69, 9.17) is 0 Å². The summed E-state index contributed by atoms with van der Waals surface area (Å²) in [4.78, 5) is 30.7. The third-order valence-corrected chi connectivity index (χ3v) is 5.70. The summed E-state index contributed by atoms with van der Waals surface area (Å²) >= 11 is 1.51. The molecular weight excluding hydrogens is 356 g/mol. The first kappa shape index (κ1) is 19.4. The molecule has 0 atom stereocenters. The molecule has 0 aliphatic carbocycles. The van der Waals surface area contributed by atoms with Crippen LogP contribution in [0.5, 0.6) is 0 Å². The van der Waals surface area contributed by atoms with Gasteiger partial charge < -0.3 is 4.90 Å². The first-order chi connectivity index (χ1) is 13.2. The van der Waals surface area contributed by atoms with Crippen molar-refractivity contribution in [3.8, 4) is 0 Å². The zero-order valence-electron chi connectivity index (χ0n) is 16.0. The Hall–Kier alpha value is -2.40. The number of unbranched alkanes of at least 4 members (excludes halogenated alkanes) is 2. The molecule has 27 heavy (non-hydrogen) atoms. The maximum Gasteiger partial charge on any atom is 0.277 e. The van der Waals surface area contributed by atoms with Crippen LogP contribution in [-0.4, -0.2) is 34.7 Å². The van der Waals surface area contributed by atoms with Crippen molar-refractivity contribution < 1.29 is 9.59 Å². The first-order valence-electron chi connectivity index (χ1n) is 9.60. The van der Waals surface area contributed by atoms with E-state index in [0.29, 0.717) is 30.9 Å². The SMILES string of the molecule is CCCCCN1C(=O)C(c2cccs2)=C(N(CC)Cc2ccccc2)C1=O. The molecule has 2 amide bonds. The van der Waals surface area contributed by atoms with Crippen molar-refractivity contribution in [3.63, 3.8) is 0 Å². The van der Waals surface area contributed by atoms with E-state index in [1.807, 2.05) is 59.7 Å². The molecule has 5 heteroatoms. The van der Waals surface area contributed by atoms with Gasteiger partial charge in [-0.2, -0.15) is 0 Å². The van der Waals surface area contributed by atoms with E-state index < -0.39 is 0 Å². The van der Waals surface area contributed by atoms with E-state index >= 15 is 0 Å². The lowest BCUT2D eigenvalue weighted by Gasteiger charge is -2.24. The van der Waals surface area contributed by atoms with Gasteiger partial charge in [-0.1, -0.05) is 56.2 Å². The third kappa shape index (κ3) is 4.14. The van der Waals surface area contributed by atoms with Crippen molar-refractivity contribution in [3.05, 3.63) is 64.0 Å². The molecule has 142 valence electrons. The normalized spacial score (nSPS) is 14.4. The molecule has 1 aromatic heterocycles. The standard InChI is InChI=1S/C22H26N2O2S/c1-3-5-9-14-24-21(25)19(18-13-10-15-27-18)20(22(24)26)23(4-2)16-17-11-7-6-8-12-17/h6-8,10-13,15H,3-5,9,14,16H2,1-2H3. The highest BCUT2D eigenvalue weighted by atomic mass is 32.1. The molecule has 1 aromatic carbocycles. The molecule has 0 saturated carbocycles. The number of likely N-dealkylation sites (N-methyl/N-ethyl adjacent to an activating group) is 1. The molecule has 2 aromatic rings. The van der Waals surface area contributed by atoms with E-state index in [-0.39, 0.29) is 11.8 Å². The molecule has 0 N–H and O–H groups in total. The van der Waals surface area contributed by atoms with Crippen LogP contribution in [0.15, 0.2) is 53.5 Å². The Bertz CT molecular complexity index is 812. The van der Waals surface area contributed by atoms with Crippen LogP contribution >= 0.6 is 11.3 Å². The lowest BCUT2D eigenvalue weighted by Crippen LogP contribution is -2.35. The van der Waals surface area contributed by atoms with Crippen molar-refractivity contribution in [2.75, 3.05) is 13.1 Å². The van der Waals surface area contributed by atoms with Gasteiger partial charge in [0.05, 0.1) is 5.57 Å². The molecule has 0 saturated heterocycles. The van der Waals surface area contributed by atoms with E-state index in [0.717, 1.165) is 29.7 Å². The van der Waals surface area contributed by atoms with Crippen LogP contribution in [0.2, 0.25) is 0 Å². The van der Waals surface area contributed by atoms with Gasteiger partial charge in [-0.15, -0.1) is 11.3 Å². The lowest BCUT2D eigenvalue weighted by molar-refractivity contribution is -0.137. The van der Waals surface area contributed by atoms with Gasteiger partial charge in [-0.3, -0.25) is 14.5 Å². The van der Waals surface area contributed by atoms with Crippen LogP contribution in [0, 0.1) is 0 Å². The van der Waals surface area contributed by atoms with E-state index in [1.54, 1.807) is 0 Å². The van der Waals surface area contributed by atoms with Gasteiger partial charge in [0.15, 0.2) is 0 Å². The Morgan fingerprint density at radius 3 is 2.37 bits per heavy atom. The van der Waals surface area contributed by atoms with Crippen molar-refractivity contribution >= 4 is 28.7 Å². The van der Waals surface area contributed by atoms with E-state index in [1.165, 1.54) is 16.2 Å². The Morgan fingerprint density at radius 1 is 0.963 bits per heavy atom. The van der Waals surface area contributed by atoms with Crippen molar-refractivity contribution in [2.24, 2.45) is 0 Å². The molecule has 0 spiro atoms. The minimum atomic E-state index is -0.155. The summed E-state index contributed by atoms with van der Waals surface area (Å²) < 4.78 is 0. The van der Waals surface area contributed by atoms with E-state index in [2.05, 4.69) is 6.92 Å². The molecule has 0 unspecified atom stereocenters. The molecule has 1 aliphatic heterocycles. The summed E-state index contributed by atoms with van der Waals surface area (Å²) in [5, 5.41) is 1.95. The topological polar surface area (TPSA) is 40.6 Å². The fourth-order valence-corrected chi connectivity index (χ4v) is 4.14. The molecule has 0 fully saturated rings. The average molecular weight is 383 g/mol. The highest BCUT2D eigenvalue weighted by Crippen LogP contribution is 2.34. The summed E-state index contributed by atoms with van der Waals surface area (Å²) in [6, 6.07) is 13.9. The van der Waals surface area contributed by atoms with Crippen LogP contribution in [0.25, 0.3) is 5.57 Å². The fourth-order valence-electron chi connectivity index (χ4n) is 3.38. The average Bonchev–Trinajstić information content (AvgIpc) is 3.29. The number of carbonyl (C=O) groups excluding carboxylic acids is 2. The third-order valence-electron chi connectivity index (χ3n) is 4.81. The molecule has 4 nitrogen and oxygen atoms in total. The predicted octanol–water partition coefficient (Wildman–Crippen LogP) is 4.54. The number of amides is 2. The maximum absolute atomic E-state index is 13.2. The number of rotatable bonds is 9. The van der Waals surface area contributed by atoms with Gasteiger partial charge in [0, 0.05) is 24.5 Å². The Kier molecular flexibility index (Phi) is 6.45. The highest BCUT2D eigenvalue weighted by Gasteiger charge is 2.41. The second-order valence-corrected chi connectivity index (χ2v) is 7.62. The number of carbonyl (C=O) groups is 2. The molecule has 0 radical (unpaired) electrons. The summed E-state index contributed by atoms with van der Waals surface area (Å²) in [5.41, 5.74) is 2.23. The molecule has 3 rings (SSSR count). The summed E-state index contributed by atoms with van der Waals surface area (Å²) in [5.74, 6) is -0.308. The number of thiophene rings is 1. The molecule has 2 heterocycles. The Balaban J connectivity index is 1.95. The fraction of sp³-hybridized carbons (Fsp3) is 0.364. The number of hydrogen-bond acceptors (Lipinski definition) is 4. The minimum absolute atomic E-state index is 0.153. The van der Waals surface area contributed by atoms with Crippen LogP contribution in [0.3, 0.4) is 0 Å². The van der Waals surface area contributed by atoms with Gasteiger partial charge in [-0.05, 0) is 30.4 Å². The first-order valence-corrected chi connectivity index (χ1v) is 10.5.